The number of carbonyl (C=O) groups is 1. The summed E-state index contributed by atoms with van der Waals surface area (Å²) in [5.41, 5.74) is 1.51. The molecule has 1 aromatic rings. The van der Waals surface area contributed by atoms with Gasteiger partial charge in [-0.3, -0.25) is 4.79 Å². The molecule has 0 saturated heterocycles. The van der Waals surface area contributed by atoms with Gasteiger partial charge in [0, 0.05) is 19.2 Å². The zero-order chi connectivity index (χ0) is 14.1. The van der Waals surface area contributed by atoms with Crippen LogP contribution in [-0.4, -0.2) is 22.6 Å². The topological polar surface area (TPSA) is 86.0 Å². The zero-order valence-corrected chi connectivity index (χ0v) is 11.1. The summed E-state index contributed by atoms with van der Waals surface area (Å²) in [7, 11) is 0. The molecule has 0 aromatic carbocycles. The largest absolute Gasteiger partial charge is 0.481 e. The molecule has 1 aromatic heterocycles. The van der Waals surface area contributed by atoms with Gasteiger partial charge in [0.2, 0.25) is 0 Å². The number of nitrogens with one attached hydrogen (secondary N) is 1. The maximum Gasteiger partial charge on any atom is 0.303 e. The van der Waals surface area contributed by atoms with Gasteiger partial charge < -0.3 is 10.4 Å². The van der Waals surface area contributed by atoms with Crippen molar-refractivity contribution in [1.82, 2.24) is 4.98 Å². The summed E-state index contributed by atoms with van der Waals surface area (Å²) in [4.78, 5) is 14.5. The first-order chi connectivity index (χ1) is 9.15. The van der Waals surface area contributed by atoms with Crippen molar-refractivity contribution >= 4 is 11.8 Å². The van der Waals surface area contributed by atoms with E-state index in [-0.39, 0.29) is 6.42 Å². The van der Waals surface area contributed by atoms with Gasteiger partial charge >= 0.3 is 5.97 Å². The number of unbranched alkanes of at least 4 members (excludes halogenated alkanes) is 3. The van der Waals surface area contributed by atoms with Crippen molar-refractivity contribution < 1.29 is 9.90 Å². The van der Waals surface area contributed by atoms with Crippen LogP contribution in [0.1, 0.15) is 43.2 Å². The van der Waals surface area contributed by atoms with Crippen molar-refractivity contribution in [3.63, 3.8) is 0 Å². The summed E-state index contributed by atoms with van der Waals surface area (Å²) < 4.78 is 0. The van der Waals surface area contributed by atoms with Crippen LogP contribution in [0.2, 0.25) is 0 Å². The molecule has 1 rings (SSSR count). The standard InChI is InChI=1S/C14H19N3O2/c1-11-7-9-17-14(12(11)10-15)16-8-5-3-2-4-6-13(18)19/h7,9H,2-6,8H2,1H3,(H,16,17)(H,18,19). The smallest absolute Gasteiger partial charge is 0.303 e. The van der Waals surface area contributed by atoms with Crippen molar-refractivity contribution in [2.45, 2.75) is 39.0 Å². The van der Waals surface area contributed by atoms with Gasteiger partial charge in [0.05, 0.1) is 5.56 Å². The van der Waals surface area contributed by atoms with Crippen LogP contribution in [0.15, 0.2) is 12.3 Å². The molecule has 19 heavy (non-hydrogen) atoms. The van der Waals surface area contributed by atoms with Gasteiger partial charge in [0.15, 0.2) is 0 Å². The second kappa shape index (κ2) is 8.09. The minimum Gasteiger partial charge on any atom is -0.481 e. The molecular weight excluding hydrogens is 242 g/mol. The number of carboxylic acids is 1. The lowest BCUT2D eigenvalue weighted by Crippen LogP contribution is -2.06. The minimum absolute atomic E-state index is 0.242. The fraction of sp³-hybridized carbons (Fsp3) is 0.500. The van der Waals surface area contributed by atoms with Crippen LogP contribution in [0.25, 0.3) is 0 Å². The van der Waals surface area contributed by atoms with Crippen LogP contribution >= 0.6 is 0 Å². The molecule has 0 aliphatic carbocycles. The molecule has 0 aliphatic rings. The molecule has 2 N–H and O–H groups in total. The molecule has 0 spiro atoms. The predicted octanol–water partition coefficient (Wildman–Crippen LogP) is 2.71. The number of aromatic nitrogens is 1. The molecule has 102 valence electrons. The maximum atomic E-state index is 10.3. The number of aryl methyl sites for hydroxylation is 1. The SMILES string of the molecule is Cc1ccnc(NCCCCCCC(=O)O)c1C#N. The van der Waals surface area contributed by atoms with E-state index >= 15 is 0 Å². The lowest BCUT2D eigenvalue weighted by atomic mass is 10.1. The van der Waals surface area contributed by atoms with Gasteiger partial charge in [0.25, 0.3) is 0 Å². The Kier molecular flexibility index (Phi) is 6.37. The van der Waals surface area contributed by atoms with E-state index in [9.17, 15) is 4.79 Å². The van der Waals surface area contributed by atoms with E-state index < -0.39 is 5.97 Å². The number of nitriles is 1. The van der Waals surface area contributed by atoms with E-state index in [4.69, 9.17) is 10.4 Å². The summed E-state index contributed by atoms with van der Waals surface area (Å²) in [5.74, 6) is -0.103. The number of nitrogens with zero attached hydrogens (tertiary/aromatic N) is 2. The molecular formula is C14H19N3O2. The number of anilines is 1. The number of pyridine rings is 1. The highest BCUT2D eigenvalue weighted by Gasteiger charge is 2.05. The minimum atomic E-state index is -0.735. The van der Waals surface area contributed by atoms with E-state index in [0.717, 1.165) is 37.8 Å². The van der Waals surface area contributed by atoms with E-state index in [1.165, 1.54) is 0 Å². The molecule has 0 unspecified atom stereocenters. The molecule has 1 heterocycles. The first-order valence-corrected chi connectivity index (χ1v) is 6.46. The molecule has 5 nitrogen and oxygen atoms in total. The second-order valence-corrected chi connectivity index (χ2v) is 4.45. The normalized spacial score (nSPS) is 9.89. The third-order valence-electron chi connectivity index (χ3n) is 2.88. The van der Waals surface area contributed by atoms with E-state index in [2.05, 4.69) is 16.4 Å². The Morgan fingerprint density at radius 3 is 2.84 bits per heavy atom. The fourth-order valence-electron chi connectivity index (χ4n) is 1.79. The van der Waals surface area contributed by atoms with Crippen LogP contribution in [0.5, 0.6) is 0 Å². The monoisotopic (exact) mass is 261 g/mol. The number of hydrogen-bond donors (Lipinski definition) is 2. The first-order valence-electron chi connectivity index (χ1n) is 6.46. The van der Waals surface area contributed by atoms with E-state index in [1.54, 1.807) is 6.20 Å². The Morgan fingerprint density at radius 1 is 1.42 bits per heavy atom. The molecule has 0 radical (unpaired) electrons. The van der Waals surface area contributed by atoms with Crippen molar-refractivity contribution in [2.75, 3.05) is 11.9 Å². The number of rotatable bonds is 8. The summed E-state index contributed by atoms with van der Waals surface area (Å²) in [6, 6.07) is 3.96. The van der Waals surface area contributed by atoms with Crippen molar-refractivity contribution in [1.29, 1.82) is 5.26 Å². The van der Waals surface area contributed by atoms with Gasteiger partial charge in [-0.25, -0.2) is 4.98 Å². The van der Waals surface area contributed by atoms with Crippen LogP contribution in [0, 0.1) is 18.3 Å². The fourth-order valence-corrected chi connectivity index (χ4v) is 1.79. The Bertz CT molecular complexity index is 466. The number of hydrogen-bond acceptors (Lipinski definition) is 4. The van der Waals surface area contributed by atoms with Crippen molar-refractivity contribution in [2.24, 2.45) is 0 Å². The van der Waals surface area contributed by atoms with Crippen LogP contribution < -0.4 is 5.32 Å². The summed E-state index contributed by atoms with van der Waals surface area (Å²) in [5, 5.41) is 20.7. The highest BCUT2D eigenvalue weighted by atomic mass is 16.4. The van der Waals surface area contributed by atoms with Gasteiger partial charge in [-0.1, -0.05) is 12.8 Å². The van der Waals surface area contributed by atoms with Gasteiger partial charge in [-0.05, 0) is 31.4 Å². The summed E-state index contributed by atoms with van der Waals surface area (Å²) in [6.07, 6.45) is 5.49. The first kappa shape index (κ1) is 15.0. The molecule has 0 amide bonds. The Balaban J connectivity index is 2.25. The van der Waals surface area contributed by atoms with Crippen LogP contribution in [-0.2, 0) is 4.79 Å². The molecule has 0 atom stereocenters. The Hall–Kier alpha value is -2.09. The van der Waals surface area contributed by atoms with Crippen LogP contribution in [0.3, 0.4) is 0 Å². The van der Waals surface area contributed by atoms with Crippen LogP contribution in [0.4, 0.5) is 5.82 Å². The highest BCUT2D eigenvalue weighted by Crippen LogP contribution is 2.15. The Labute approximate surface area is 113 Å². The van der Waals surface area contributed by atoms with Gasteiger partial charge in [-0.15, -0.1) is 0 Å². The van der Waals surface area contributed by atoms with Gasteiger partial charge in [-0.2, -0.15) is 5.26 Å². The van der Waals surface area contributed by atoms with E-state index in [1.807, 2.05) is 13.0 Å². The number of carboxylic acid groups (broad SMARTS) is 1. The zero-order valence-electron chi connectivity index (χ0n) is 11.1. The lowest BCUT2D eigenvalue weighted by molar-refractivity contribution is -0.137. The predicted molar refractivity (Wildman–Crippen MR) is 72.9 cm³/mol. The molecule has 0 saturated carbocycles. The lowest BCUT2D eigenvalue weighted by Gasteiger charge is -2.08. The third kappa shape index (κ3) is 5.38. The average molecular weight is 261 g/mol. The van der Waals surface area contributed by atoms with Crippen molar-refractivity contribution in [3.8, 4) is 6.07 Å². The van der Waals surface area contributed by atoms with Crippen molar-refractivity contribution in [3.05, 3.63) is 23.4 Å². The van der Waals surface area contributed by atoms with E-state index in [0.29, 0.717) is 11.4 Å². The summed E-state index contributed by atoms with van der Waals surface area (Å²) in [6.45, 7) is 2.63. The highest BCUT2D eigenvalue weighted by molar-refractivity contribution is 5.66. The number of aliphatic carboxylic acids is 1. The average Bonchev–Trinajstić information content (AvgIpc) is 2.37. The quantitative estimate of drug-likeness (QED) is 0.703. The van der Waals surface area contributed by atoms with Gasteiger partial charge in [0.1, 0.15) is 11.9 Å². The Morgan fingerprint density at radius 2 is 2.16 bits per heavy atom. The molecule has 0 aliphatic heterocycles. The molecule has 0 bridgehead atoms. The second-order valence-electron chi connectivity index (χ2n) is 4.45. The summed E-state index contributed by atoms with van der Waals surface area (Å²) >= 11 is 0. The molecule has 0 fully saturated rings. The molecule has 5 heteroatoms. The third-order valence-corrected chi connectivity index (χ3v) is 2.88. The maximum absolute atomic E-state index is 10.3.